The van der Waals surface area contributed by atoms with E-state index in [0.717, 1.165) is 22.9 Å². The Balaban J connectivity index is 1.91. The Bertz CT molecular complexity index is 1280. The van der Waals surface area contributed by atoms with Crippen molar-refractivity contribution in [1.82, 2.24) is 0 Å². The van der Waals surface area contributed by atoms with Crippen LogP contribution < -0.4 is 0 Å². The van der Waals surface area contributed by atoms with Crippen LogP contribution in [-0.4, -0.2) is 58.9 Å². The normalized spacial score (nSPS) is 14.0. The minimum Gasteiger partial charge on any atom is -0.450 e. The van der Waals surface area contributed by atoms with Gasteiger partial charge in [-0.2, -0.15) is 8.42 Å². The lowest BCUT2D eigenvalue weighted by Gasteiger charge is -2.30. The van der Waals surface area contributed by atoms with Crippen LogP contribution in [-0.2, 0) is 46.6 Å². The summed E-state index contributed by atoms with van der Waals surface area (Å²) in [5.41, 5.74) is 2.99. The summed E-state index contributed by atoms with van der Waals surface area (Å²) in [4.78, 5) is 17.9. The molecule has 0 aliphatic rings. The van der Waals surface area contributed by atoms with E-state index in [1.54, 1.807) is 24.3 Å². The first-order valence-electron chi connectivity index (χ1n) is 12.2. The van der Waals surface area contributed by atoms with Gasteiger partial charge < -0.3 is 19.0 Å². The van der Waals surface area contributed by atoms with Crippen molar-refractivity contribution in [3.05, 3.63) is 107 Å². The highest BCUT2D eigenvalue weighted by atomic mass is 32.2. The average Bonchev–Trinajstić information content (AvgIpc) is 2.92. The second kappa shape index (κ2) is 15.1. The molecule has 0 unspecified atom stereocenters. The molecule has 0 fully saturated rings. The molecule has 10 heteroatoms. The molecule has 3 rings (SSSR count). The molecule has 3 atom stereocenters. The van der Waals surface area contributed by atoms with Crippen LogP contribution in [0.1, 0.15) is 27.0 Å². The SMILES string of the molecule is CON=C[C@@H](OC(=O)c1ccc(C)cc1)[C@H](OCc1ccccc1)[C@H](COCc1ccccc1)OS(C)(=O)=O. The lowest BCUT2D eigenvalue weighted by Crippen LogP contribution is -2.47. The molecule has 9 nitrogen and oxygen atoms in total. The minimum atomic E-state index is -3.96. The molecule has 0 aromatic heterocycles. The molecular formula is C29H33NO8S. The van der Waals surface area contributed by atoms with Gasteiger partial charge in [-0.25, -0.2) is 4.79 Å². The van der Waals surface area contributed by atoms with E-state index in [4.69, 9.17) is 23.2 Å². The zero-order chi connectivity index (χ0) is 28.1. The first-order valence-corrected chi connectivity index (χ1v) is 14.1. The Morgan fingerprint density at radius 3 is 2.05 bits per heavy atom. The van der Waals surface area contributed by atoms with Crippen LogP contribution in [0.5, 0.6) is 0 Å². The third-order valence-electron chi connectivity index (χ3n) is 5.51. The number of benzene rings is 3. The summed E-state index contributed by atoms with van der Waals surface area (Å²) >= 11 is 0. The maximum absolute atomic E-state index is 13.0. The number of oxime groups is 1. The smallest absolute Gasteiger partial charge is 0.338 e. The Morgan fingerprint density at radius 1 is 0.897 bits per heavy atom. The molecule has 3 aromatic carbocycles. The molecule has 0 aliphatic heterocycles. The van der Waals surface area contributed by atoms with E-state index in [9.17, 15) is 13.2 Å². The van der Waals surface area contributed by atoms with Gasteiger partial charge in [0.25, 0.3) is 10.1 Å². The van der Waals surface area contributed by atoms with E-state index in [-0.39, 0.29) is 19.8 Å². The van der Waals surface area contributed by atoms with Gasteiger partial charge in [0.2, 0.25) is 0 Å². The van der Waals surface area contributed by atoms with Crippen LogP contribution in [0.3, 0.4) is 0 Å². The molecule has 0 saturated heterocycles. The average molecular weight is 556 g/mol. The van der Waals surface area contributed by atoms with Crippen molar-refractivity contribution in [2.45, 2.75) is 38.4 Å². The van der Waals surface area contributed by atoms with Gasteiger partial charge in [0.1, 0.15) is 19.3 Å². The second-order valence-corrected chi connectivity index (χ2v) is 10.4. The zero-order valence-corrected chi connectivity index (χ0v) is 23.0. The molecule has 39 heavy (non-hydrogen) atoms. The third-order valence-corrected chi connectivity index (χ3v) is 6.11. The molecule has 0 N–H and O–H groups in total. The highest BCUT2D eigenvalue weighted by Crippen LogP contribution is 2.19. The van der Waals surface area contributed by atoms with E-state index in [0.29, 0.717) is 5.56 Å². The Hall–Kier alpha value is -3.57. The van der Waals surface area contributed by atoms with Crippen molar-refractivity contribution >= 4 is 22.3 Å². The van der Waals surface area contributed by atoms with Crippen LogP contribution in [0.15, 0.2) is 90.1 Å². The summed E-state index contributed by atoms with van der Waals surface area (Å²) in [6, 6.07) is 25.5. The fraction of sp³-hybridized carbons (Fsp3) is 0.310. The molecule has 0 aliphatic carbocycles. The summed E-state index contributed by atoms with van der Waals surface area (Å²) in [7, 11) is -2.63. The first kappa shape index (κ1) is 30.0. The fourth-order valence-corrected chi connectivity index (χ4v) is 4.25. The summed E-state index contributed by atoms with van der Waals surface area (Å²) in [6.07, 6.45) is -1.34. The number of aryl methyl sites for hydroxylation is 1. The molecule has 208 valence electrons. The number of ether oxygens (including phenoxy) is 3. The summed E-state index contributed by atoms with van der Waals surface area (Å²) in [5.74, 6) is -0.654. The molecular weight excluding hydrogens is 522 g/mol. The van der Waals surface area contributed by atoms with Gasteiger partial charge in [-0.3, -0.25) is 4.18 Å². The molecule has 3 aromatic rings. The molecule has 0 bridgehead atoms. The van der Waals surface area contributed by atoms with Crippen molar-refractivity contribution in [1.29, 1.82) is 0 Å². The number of nitrogens with zero attached hydrogens (tertiary/aromatic N) is 1. The number of hydrogen-bond donors (Lipinski definition) is 0. The summed E-state index contributed by atoms with van der Waals surface area (Å²) in [6.45, 7) is 2.00. The topological polar surface area (TPSA) is 110 Å². The molecule has 0 saturated carbocycles. The highest BCUT2D eigenvalue weighted by molar-refractivity contribution is 7.86. The summed E-state index contributed by atoms with van der Waals surface area (Å²) < 4.78 is 47.7. The molecule has 0 radical (unpaired) electrons. The van der Waals surface area contributed by atoms with Gasteiger partial charge in [0.05, 0.1) is 37.9 Å². The zero-order valence-electron chi connectivity index (χ0n) is 22.1. The van der Waals surface area contributed by atoms with E-state index < -0.39 is 34.4 Å². The molecule has 0 heterocycles. The maximum Gasteiger partial charge on any atom is 0.338 e. The van der Waals surface area contributed by atoms with E-state index in [1.807, 2.05) is 67.6 Å². The Kier molecular flexibility index (Phi) is 11.6. The molecule has 0 amide bonds. The second-order valence-electron chi connectivity index (χ2n) is 8.77. The highest BCUT2D eigenvalue weighted by Gasteiger charge is 2.36. The van der Waals surface area contributed by atoms with Crippen LogP contribution in [0.2, 0.25) is 0 Å². The lowest BCUT2D eigenvalue weighted by molar-refractivity contribution is -0.103. The predicted octanol–water partition coefficient (Wildman–Crippen LogP) is 4.30. The van der Waals surface area contributed by atoms with Gasteiger partial charge in [-0.05, 0) is 30.2 Å². The Labute approximate surface area is 229 Å². The van der Waals surface area contributed by atoms with Crippen molar-refractivity contribution in [3.8, 4) is 0 Å². The number of carbonyl (C=O) groups is 1. The van der Waals surface area contributed by atoms with E-state index in [2.05, 4.69) is 5.16 Å². The van der Waals surface area contributed by atoms with Crippen LogP contribution in [0.4, 0.5) is 0 Å². The van der Waals surface area contributed by atoms with E-state index >= 15 is 0 Å². The largest absolute Gasteiger partial charge is 0.450 e. The number of rotatable bonds is 15. The van der Waals surface area contributed by atoms with Crippen molar-refractivity contribution in [3.63, 3.8) is 0 Å². The van der Waals surface area contributed by atoms with Gasteiger partial charge in [-0.15, -0.1) is 0 Å². The summed E-state index contributed by atoms with van der Waals surface area (Å²) in [5, 5.41) is 3.79. The van der Waals surface area contributed by atoms with Crippen LogP contribution in [0, 0.1) is 6.92 Å². The van der Waals surface area contributed by atoms with Crippen molar-refractivity contribution in [2.24, 2.45) is 5.16 Å². The number of carbonyl (C=O) groups excluding carboxylic acids is 1. The molecule has 0 spiro atoms. The number of esters is 1. The van der Waals surface area contributed by atoms with E-state index in [1.165, 1.54) is 13.3 Å². The quantitative estimate of drug-likeness (QED) is 0.118. The van der Waals surface area contributed by atoms with Crippen LogP contribution in [0.25, 0.3) is 0 Å². The predicted molar refractivity (Wildman–Crippen MR) is 147 cm³/mol. The Morgan fingerprint density at radius 2 is 1.49 bits per heavy atom. The van der Waals surface area contributed by atoms with Gasteiger partial charge >= 0.3 is 5.97 Å². The van der Waals surface area contributed by atoms with Gasteiger partial charge in [0, 0.05) is 0 Å². The fourth-order valence-electron chi connectivity index (χ4n) is 3.63. The maximum atomic E-state index is 13.0. The third kappa shape index (κ3) is 10.6. The van der Waals surface area contributed by atoms with Crippen LogP contribution >= 0.6 is 0 Å². The minimum absolute atomic E-state index is 0.0766. The van der Waals surface area contributed by atoms with Gasteiger partial charge in [0.15, 0.2) is 6.10 Å². The first-order chi connectivity index (χ1) is 18.7. The number of hydrogen-bond acceptors (Lipinski definition) is 9. The van der Waals surface area contributed by atoms with Gasteiger partial charge in [-0.1, -0.05) is 83.5 Å². The lowest BCUT2D eigenvalue weighted by atomic mass is 10.1. The standard InChI is InChI=1S/C29H33NO8S/c1-22-14-16-25(17-15-22)29(31)37-26(18-30-34-2)28(36-20-24-12-8-5-9-13-24)27(38-39(3,32)33)21-35-19-23-10-6-4-7-11-23/h4-18,26-28H,19-21H2,1-3H3/t26-,27+,28+/m1/s1. The van der Waals surface area contributed by atoms with Crippen molar-refractivity contribution < 1.29 is 36.4 Å². The van der Waals surface area contributed by atoms with Crippen molar-refractivity contribution in [2.75, 3.05) is 20.0 Å². The monoisotopic (exact) mass is 555 g/mol.